The van der Waals surface area contributed by atoms with Gasteiger partial charge in [0.05, 0.1) is 5.92 Å². The molecule has 2 saturated carbocycles. The Labute approximate surface area is 153 Å². The van der Waals surface area contributed by atoms with Crippen LogP contribution in [-0.2, 0) is 20.9 Å². The van der Waals surface area contributed by atoms with Crippen molar-refractivity contribution in [2.45, 2.75) is 51.5 Å². The first-order chi connectivity index (χ1) is 12.5. The molecule has 6 nitrogen and oxygen atoms in total. The van der Waals surface area contributed by atoms with Crippen molar-refractivity contribution in [3.63, 3.8) is 0 Å². The van der Waals surface area contributed by atoms with Crippen molar-refractivity contribution in [2.75, 3.05) is 5.32 Å². The van der Waals surface area contributed by atoms with Gasteiger partial charge in [0.25, 0.3) is 0 Å². The van der Waals surface area contributed by atoms with Crippen LogP contribution in [0.3, 0.4) is 0 Å². The highest BCUT2D eigenvalue weighted by Crippen LogP contribution is 2.31. The number of carboxylic acids is 1. The number of hydrogen-bond acceptors (Lipinski definition) is 3. The van der Waals surface area contributed by atoms with Crippen LogP contribution in [0, 0.1) is 17.8 Å². The van der Waals surface area contributed by atoms with E-state index in [0.717, 1.165) is 36.9 Å². The molecule has 0 radical (unpaired) electrons. The standard InChI is InChI=1S/C20H26N2O4/c23-18(15-8-9-16(11-15)20(25)26)21-12-13-4-3-7-17(10-13)22-19(24)14-5-1-2-6-14/h3-4,7,10,14-16H,1-2,5-6,8-9,11-12H2,(H,21,23)(H,22,24)(H,25,26)/t15-,16+/m0/s1. The highest BCUT2D eigenvalue weighted by Gasteiger charge is 2.33. The van der Waals surface area contributed by atoms with E-state index in [1.165, 1.54) is 0 Å². The number of aliphatic carboxylic acids is 1. The fourth-order valence-electron chi connectivity index (χ4n) is 3.97. The summed E-state index contributed by atoms with van der Waals surface area (Å²) in [6.07, 6.45) is 5.76. The topological polar surface area (TPSA) is 95.5 Å². The van der Waals surface area contributed by atoms with Gasteiger partial charge in [0.15, 0.2) is 0 Å². The third-order valence-electron chi connectivity index (χ3n) is 5.54. The van der Waals surface area contributed by atoms with Gasteiger partial charge in [0.1, 0.15) is 0 Å². The van der Waals surface area contributed by atoms with E-state index in [0.29, 0.717) is 25.8 Å². The predicted molar refractivity (Wildman–Crippen MR) is 97.3 cm³/mol. The van der Waals surface area contributed by atoms with E-state index < -0.39 is 11.9 Å². The first-order valence-electron chi connectivity index (χ1n) is 9.43. The maximum absolute atomic E-state index is 12.2. The molecule has 26 heavy (non-hydrogen) atoms. The summed E-state index contributed by atoms with van der Waals surface area (Å²) in [5, 5.41) is 14.9. The second-order valence-electron chi connectivity index (χ2n) is 7.43. The molecular formula is C20H26N2O4. The lowest BCUT2D eigenvalue weighted by Crippen LogP contribution is -2.29. The van der Waals surface area contributed by atoms with Crippen molar-refractivity contribution in [3.05, 3.63) is 29.8 Å². The highest BCUT2D eigenvalue weighted by molar-refractivity contribution is 5.92. The molecule has 3 rings (SSSR count). The number of carboxylic acid groups (broad SMARTS) is 1. The molecule has 6 heteroatoms. The smallest absolute Gasteiger partial charge is 0.306 e. The lowest BCUT2D eigenvalue weighted by molar-refractivity contribution is -0.141. The molecule has 0 spiro atoms. The summed E-state index contributed by atoms with van der Waals surface area (Å²) in [7, 11) is 0. The largest absolute Gasteiger partial charge is 0.481 e. The van der Waals surface area contributed by atoms with Crippen LogP contribution in [0.1, 0.15) is 50.5 Å². The number of carbonyl (C=O) groups excluding carboxylic acids is 2. The van der Waals surface area contributed by atoms with Gasteiger partial charge in [-0.05, 0) is 49.8 Å². The maximum Gasteiger partial charge on any atom is 0.306 e. The molecule has 3 N–H and O–H groups in total. The Morgan fingerprint density at radius 3 is 2.38 bits per heavy atom. The normalized spacial score (nSPS) is 22.9. The van der Waals surface area contributed by atoms with Crippen LogP contribution in [0.15, 0.2) is 24.3 Å². The first kappa shape index (κ1) is 18.4. The van der Waals surface area contributed by atoms with Gasteiger partial charge in [0.2, 0.25) is 11.8 Å². The lowest BCUT2D eigenvalue weighted by atomic mass is 10.0. The van der Waals surface area contributed by atoms with Crippen molar-refractivity contribution in [1.82, 2.24) is 5.32 Å². The average molecular weight is 358 g/mol. The van der Waals surface area contributed by atoms with Gasteiger partial charge in [0, 0.05) is 24.1 Å². The summed E-state index contributed by atoms with van der Waals surface area (Å²) in [4.78, 5) is 35.5. The number of amides is 2. The number of carbonyl (C=O) groups is 3. The third-order valence-corrected chi connectivity index (χ3v) is 5.54. The Morgan fingerprint density at radius 2 is 1.69 bits per heavy atom. The molecule has 2 fully saturated rings. The maximum atomic E-state index is 12.2. The molecule has 0 saturated heterocycles. The third kappa shape index (κ3) is 4.62. The van der Waals surface area contributed by atoms with Gasteiger partial charge in [-0.15, -0.1) is 0 Å². The molecule has 2 aliphatic carbocycles. The van der Waals surface area contributed by atoms with Gasteiger partial charge in [-0.1, -0.05) is 25.0 Å². The highest BCUT2D eigenvalue weighted by atomic mass is 16.4. The monoisotopic (exact) mass is 358 g/mol. The Balaban J connectivity index is 1.50. The van der Waals surface area contributed by atoms with Gasteiger partial charge in [-0.3, -0.25) is 14.4 Å². The van der Waals surface area contributed by atoms with E-state index in [4.69, 9.17) is 5.11 Å². The van der Waals surface area contributed by atoms with Crippen LogP contribution in [-0.4, -0.2) is 22.9 Å². The SMILES string of the molecule is O=C(Nc1cccc(CNC(=O)[C@H]2CC[C@@H](C(=O)O)C2)c1)C1CCCC1. The first-order valence-corrected chi connectivity index (χ1v) is 9.43. The molecule has 0 heterocycles. The molecule has 0 aliphatic heterocycles. The minimum Gasteiger partial charge on any atom is -0.481 e. The van der Waals surface area contributed by atoms with Crippen LogP contribution in [0.4, 0.5) is 5.69 Å². The van der Waals surface area contributed by atoms with Crippen LogP contribution in [0.2, 0.25) is 0 Å². The molecular weight excluding hydrogens is 332 g/mol. The van der Waals surface area contributed by atoms with E-state index in [1.54, 1.807) is 0 Å². The quantitative estimate of drug-likeness (QED) is 0.728. The van der Waals surface area contributed by atoms with Gasteiger partial charge in [-0.2, -0.15) is 0 Å². The van der Waals surface area contributed by atoms with Crippen molar-refractivity contribution in [1.29, 1.82) is 0 Å². The van der Waals surface area contributed by atoms with Crippen molar-refractivity contribution >= 4 is 23.5 Å². The second kappa shape index (κ2) is 8.34. The van der Waals surface area contributed by atoms with Crippen LogP contribution < -0.4 is 10.6 Å². The molecule has 2 aliphatic rings. The second-order valence-corrected chi connectivity index (χ2v) is 7.43. The minimum absolute atomic E-state index is 0.0781. The number of nitrogens with one attached hydrogen (secondary N) is 2. The average Bonchev–Trinajstić information content (AvgIpc) is 3.31. The fourth-order valence-corrected chi connectivity index (χ4v) is 3.97. The fraction of sp³-hybridized carbons (Fsp3) is 0.550. The van der Waals surface area contributed by atoms with Crippen molar-refractivity contribution in [3.8, 4) is 0 Å². The summed E-state index contributed by atoms with van der Waals surface area (Å²) in [6, 6.07) is 7.50. The number of hydrogen-bond donors (Lipinski definition) is 3. The molecule has 0 bridgehead atoms. The zero-order chi connectivity index (χ0) is 18.5. The summed E-state index contributed by atoms with van der Waals surface area (Å²) in [5.41, 5.74) is 1.66. The molecule has 2 amide bonds. The lowest BCUT2D eigenvalue weighted by Gasteiger charge is -2.13. The van der Waals surface area contributed by atoms with Crippen molar-refractivity contribution in [2.24, 2.45) is 17.8 Å². The van der Waals surface area contributed by atoms with Crippen molar-refractivity contribution < 1.29 is 19.5 Å². The summed E-state index contributed by atoms with van der Waals surface area (Å²) < 4.78 is 0. The molecule has 2 atom stereocenters. The van der Waals surface area contributed by atoms with Gasteiger partial charge in [-0.25, -0.2) is 0 Å². The van der Waals surface area contributed by atoms with E-state index in [1.807, 2.05) is 24.3 Å². The van der Waals surface area contributed by atoms with Crippen LogP contribution in [0.5, 0.6) is 0 Å². The minimum atomic E-state index is -0.814. The zero-order valence-electron chi connectivity index (χ0n) is 14.9. The Bertz CT molecular complexity index is 682. The Hall–Kier alpha value is -2.37. The predicted octanol–water partition coefficient (Wildman–Crippen LogP) is 2.93. The number of rotatable bonds is 6. The Kier molecular flexibility index (Phi) is 5.91. The number of anilines is 1. The van der Waals surface area contributed by atoms with Gasteiger partial charge < -0.3 is 15.7 Å². The van der Waals surface area contributed by atoms with E-state index in [-0.39, 0.29) is 23.7 Å². The van der Waals surface area contributed by atoms with E-state index >= 15 is 0 Å². The van der Waals surface area contributed by atoms with Crippen LogP contribution >= 0.6 is 0 Å². The Morgan fingerprint density at radius 1 is 0.962 bits per heavy atom. The number of benzene rings is 1. The molecule has 0 aromatic heterocycles. The molecule has 1 aromatic rings. The molecule has 140 valence electrons. The van der Waals surface area contributed by atoms with E-state index in [2.05, 4.69) is 10.6 Å². The summed E-state index contributed by atoms with van der Waals surface area (Å²) >= 11 is 0. The zero-order valence-corrected chi connectivity index (χ0v) is 14.9. The van der Waals surface area contributed by atoms with Crippen LogP contribution in [0.25, 0.3) is 0 Å². The molecule has 0 unspecified atom stereocenters. The summed E-state index contributed by atoms with van der Waals surface area (Å²) in [6.45, 7) is 0.375. The molecule has 1 aromatic carbocycles. The van der Waals surface area contributed by atoms with Gasteiger partial charge >= 0.3 is 5.97 Å². The van der Waals surface area contributed by atoms with E-state index in [9.17, 15) is 14.4 Å². The summed E-state index contributed by atoms with van der Waals surface area (Å²) in [5.74, 6) is -1.33.